The van der Waals surface area contributed by atoms with E-state index in [-0.39, 0.29) is 16.7 Å². The summed E-state index contributed by atoms with van der Waals surface area (Å²) in [7, 11) is 0. The lowest BCUT2D eigenvalue weighted by atomic mass is 10.2. The van der Waals surface area contributed by atoms with Crippen LogP contribution in [0.3, 0.4) is 0 Å². The van der Waals surface area contributed by atoms with E-state index in [0.29, 0.717) is 6.07 Å². The Hall–Kier alpha value is -2.12. The van der Waals surface area contributed by atoms with Crippen LogP contribution in [0.25, 0.3) is 10.9 Å². The summed E-state index contributed by atoms with van der Waals surface area (Å²) in [6.45, 7) is -3.08. The van der Waals surface area contributed by atoms with Gasteiger partial charge in [0.15, 0.2) is 5.43 Å². The minimum absolute atomic E-state index is 0.110. The van der Waals surface area contributed by atoms with Crippen molar-refractivity contribution in [3.63, 3.8) is 0 Å². The predicted molar refractivity (Wildman–Crippen MR) is 56.2 cm³/mol. The van der Waals surface area contributed by atoms with E-state index in [1.54, 1.807) is 0 Å². The Morgan fingerprint density at radius 3 is 2.42 bits per heavy atom. The summed E-state index contributed by atoms with van der Waals surface area (Å²) in [5, 5.41) is -0.161. The van der Waals surface area contributed by atoms with E-state index < -0.39 is 23.9 Å². The molecule has 3 nitrogen and oxygen atoms in total. The van der Waals surface area contributed by atoms with Crippen LogP contribution >= 0.6 is 0 Å². The van der Waals surface area contributed by atoms with E-state index in [4.69, 9.17) is 0 Å². The monoisotopic (exact) mass is 279 g/mol. The van der Waals surface area contributed by atoms with Crippen LogP contribution < -0.4 is 10.2 Å². The van der Waals surface area contributed by atoms with Gasteiger partial charge in [0.25, 0.3) is 0 Å². The molecule has 2 aromatic rings. The van der Waals surface area contributed by atoms with Crippen LogP contribution in [0.4, 0.5) is 22.0 Å². The zero-order chi connectivity index (χ0) is 14.2. The summed E-state index contributed by atoms with van der Waals surface area (Å²) in [5.41, 5.74) is -2.24. The number of aromatic amines is 1. The van der Waals surface area contributed by atoms with Crippen molar-refractivity contribution in [3.05, 3.63) is 40.2 Å². The molecule has 0 radical (unpaired) electrons. The Morgan fingerprint density at radius 2 is 1.84 bits per heavy atom. The number of H-pyrrole nitrogens is 1. The first-order valence-electron chi connectivity index (χ1n) is 4.96. The third-order valence-electron chi connectivity index (χ3n) is 2.33. The Balaban J connectivity index is 2.57. The lowest BCUT2D eigenvalue weighted by Gasteiger charge is -2.09. The summed E-state index contributed by atoms with van der Waals surface area (Å²) in [6.07, 6.45) is -4.69. The minimum Gasteiger partial charge on any atom is -0.435 e. The molecule has 19 heavy (non-hydrogen) atoms. The average molecular weight is 279 g/mol. The van der Waals surface area contributed by atoms with Crippen LogP contribution in [0.15, 0.2) is 29.1 Å². The molecule has 0 fully saturated rings. The molecule has 0 aliphatic heterocycles. The highest BCUT2D eigenvalue weighted by atomic mass is 19.4. The number of aromatic nitrogens is 1. The third-order valence-corrected chi connectivity index (χ3v) is 2.33. The van der Waals surface area contributed by atoms with E-state index in [2.05, 4.69) is 4.74 Å². The number of rotatable bonds is 2. The van der Waals surface area contributed by atoms with Crippen molar-refractivity contribution in [2.75, 3.05) is 0 Å². The number of ether oxygens (including phenoxy) is 1. The number of pyridine rings is 1. The zero-order valence-corrected chi connectivity index (χ0v) is 9.09. The third kappa shape index (κ3) is 2.83. The molecule has 0 saturated carbocycles. The fraction of sp³-hybridized carbons (Fsp3) is 0.182. The first-order valence-corrected chi connectivity index (χ1v) is 4.96. The number of nitrogens with one attached hydrogen (secondary N) is 1. The molecule has 0 aliphatic rings. The first-order chi connectivity index (χ1) is 8.77. The van der Waals surface area contributed by atoms with E-state index in [0.717, 1.165) is 18.2 Å². The summed E-state index contributed by atoms with van der Waals surface area (Å²) in [5.74, 6) is -0.298. The van der Waals surface area contributed by atoms with Gasteiger partial charge in [-0.3, -0.25) is 4.79 Å². The van der Waals surface area contributed by atoms with Crippen LogP contribution in [0.2, 0.25) is 0 Å². The molecule has 102 valence electrons. The zero-order valence-electron chi connectivity index (χ0n) is 9.09. The summed E-state index contributed by atoms with van der Waals surface area (Å²) in [4.78, 5) is 13.5. The highest BCUT2D eigenvalue weighted by Crippen LogP contribution is 2.28. The van der Waals surface area contributed by atoms with Gasteiger partial charge in [-0.25, -0.2) is 0 Å². The van der Waals surface area contributed by atoms with Crippen LogP contribution in [-0.4, -0.2) is 11.6 Å². The second-order valence-electron chi connectivity index (χ2n) is 3.63. The maximum atomic E-state index is 12.5. The number of fused-ring (bicyclic) bond motifs is 1. The summed E-state index contributed by atoms with van der Waals surface area (Å²) >= 11 is 0. The number of halogens is 5. The van der Waals surface area contributed by atoms with Crippen LogP contribution in [-0.2, 0) is 6.18 Å². The van der Waals surface area contributed by atoms with Gasteiger partial charge in [0.05, 0.1) is 0 Å². The highest BCUT2D eigenvalue weighted by molar-refractivity contribution is 5.80. The molecule has 0 spiro atoms. The SMILES string of the molecule is O=c1cc(C(F)(F)F)[nH]c2ccc(OC(F)F)cc12. The van der Waals surface area contributed by atoms with Gasteiger partial charge in [-0.2, -0.15) is 22.0 Å². The van der Waals surface area contributed by atoms with Crippen molar-refractivity contribution in [2.24, 2.45) is 0 Å². The minimum atomic E-state index is -4.69. The molecule has 1 heterocycles. The number of hydrogen-bond acceptors (Lipinski definition) is 2. The van der Waals surface area contributed by atoms with E-state index in [9.17, 15) is 26.7 Å². The fourth-order valence-corrected chi connectivity index (χ4v) is 1.56. The molecule has 0 unspecified atom stereocenters. The second kappa shape index (κ2) is 4.52. The van der Waals surface area contributed by atoms with Crippen LogP contribution in [0, 0.1) is 0 Å². The lowest BCUT2D eigenvalue weighted by Crippen LogP contribution is -2.14. The number of alkyl halides is 5. The molecular weight excluding hydrogens is 273 g/mol. The summed E-state index contributed by atoms with van der Waals surface area (Å²) < 4.78 is 65.4. The van der Waals surface area contributed by atoms with Gasteiger partial charge >= 0.3 is 12.8 Å². The Kier molecular flexibility index (Phi) is 3.17. The van der Waals surface area contributed by atoms with Gasteiger partial charge in [0, 0.05) is 17.0 Å². The number of benzene rings is 1. The largest absolute Gasteiger partial charge is 0.435 e. The van der Waals surface area contributed by atoms with Crippen molar-refractivity contribution in [1.29, 1.82) is 0 Å². The van der Waals surface area contributed by atoms with Crippen LogP contribution in [0.1, 0.15) is 5.69 Å². The molecular formula is C11H6F5NO2. The van der Waals surface area contributed by atoms with Crippen molar-refractivity contribution in [2.45, 2.75) is 12.8 Å². The van der Waals surface area contributed by atoms with Crippen LogP contribution in [0.5, 0.6) is 5.75 Å². The smallest absolute Gasteiger partial charge is 0.431 e. The van der Waals surface area contributed by atoms with Crippen molar-refractivity contribution in [3.8, 4) is 5.75 Å². The van der Waals surface area contributed by atoms with E-state index >= 15 is 0 Å². The Labute approximate surface area is 102 Å². The molecule has 0 bridgehead atoms. The predicted octanol–water partition coefficient (Wildman–Crippen LogP) is 3.15. The highest BCUT2D eigenvalue weighted by Gasteiger charge is 2.32. The standard InChI is InChI=1S/C11H6F5NO2/c12-10(13)19-5-1-2-7-6(3-5)8(18)4-9(17-7)11(14,15)16/h1-4,10H,(H,17,18). The Bertz CT molecular complexity index is 662. The van der Waals surface area contributed by atoms with Gasteiger partial charge in [0.1, 0.15) is 11.4 Å². The first kappa shape index (κ1) is 13.3. The lowest BCUT2D eigenvalue weighted by molar-refractivity contribution is -0.141. The molecule has 0 amide bonds. The molecule has 8 heteroatoms. The molecule has 1 N–H and O–H groups in total. The normalized spacial score (nSPS) is 12.1. The molecule has 2 rings (SSSR count). The molecule has 1 aromatic heterocycles. The quantitative estimate of drug-likeness (QED) is 0.858. The molecule has 0 aliphatic carbocycles. The summed E-state index contributed by atoms with van der Waals surface area (Å²) in [6, 6.07) is 3.45. The molecule has 0 atom stereocenters. The van der Waals surface area contributed by atoms with Gasteiger partial charge < -0.3 is 9.72 Å². The van der Waals surface area contributed by atoms with Gasteiger partial charge in [-0.1, -0.05) is 0 Å². The van der Waals surface area contributed by atoms with Crippen molar-refractivity contribution < 1.29 is 26.7 Å². The van der Waals surface area contributed by atoms with Gasteiger partial charge in [-0.05, 0) is 18.2 Å². The maximum absolute atomic E-state index is 12.5. The molecule has 0 saturated heterocycles. The average Bonchev–Trinajstić information content (AvgIpc) is 2.27. The Morgan fingerprint density at radius 1 is 1.16 bits per heavy atom. The van der Waals surface area contributed by atoms with E-state index in [1.807, 2.05) is 4.98 Å². The fourth-order valence-electron chi connectivity index (χ4n) is 1.56. The maximum Gasteiger partial charge on any atom is 0.431 e. The van der Waals surface area contributed by atoms with Gasteiger partial charge in [-0.15, -0.1) is 0 Å². The van der Waals surface area contributed by atoms with E-state index in [1.165, 1.54) is 0 Å². The second-order valence-corrected chi connectivity index (χ2v) is 3.63. The van der Waals surface area contributed by atoms with Crippen molar-refractivity contribution >= 4 is 10.9 Å². The van der Waals surface area contributed by atoms with Crippen molar-refractivity contribution in [1.82, 2.24) is 4.98 Å². The topological polar surface area (TPSA) is 42.1 Å². The molecule has 1 aromatic carbocycles. The van der Waals surface area contributed by atoms with Gasteiger partial charge in [0.2, 0.25) is 0 Å². The number of hydrogen-bond donors (Lipinski definition) is 1.